The number of aromatic nitrogens is 1. The predicted molar refractivity (Wildman–Crippen MR) is 88.4 cm³/mol. The van der Waals surface area contributed by atoms with Crippen molar-refractivity contribution in [1.82, 2.24) is 9.88 Å². The molecule has 1 aliphatic carbocycles. The van der Waals surface area contributed by atoms with E-state index in [-0.39, 0.29) is 34.8 Å². The van der Waals surface area contributed by atoms with Crippen LogP contribution in [0.3, 0.4) is 0 Å². The van der Waals surface area contributed by atoms with Crippen molar-refractivity contribution < 1.29 is 28.5 Å². The molecular formula is C17H18F2N2O5. The van der Waals surface area contributed by atoms with Gasteiger partial charge in [-0.1, -0.05) is 0 Å². The molecule has 9 heteroatoms. The maximum Gasteiger partial charge on any atom is 0.256 e. The zero-order chi connectivity index (χ0) is 19.0. The van der Waals surface area contributed by atoms with Gasteiger partial charge in [0.05, 0.1) is 30.7 Å². The average molecular weight is 368 g/mol. The number of ether oxygens (including phenoxy) is 1. The third-order valence-corrected chi connectivity index (χ3v) is 4.26. The van der Waals surface area contributed by atoms with Gasteiger partial charge >= 0.3 is 0 Å². The highest BCUT2D eigenvalue weighted by Crippen LogP contribution is 2.40. The predicted octanol–water partition coefficient (Wildman–Crippen LogP) is 0.706. The topological polar surface area (TPSA) is 101 Å². The summed E-state index contributed by atoms with van der Waals surface area (Å²) in [6, 6.07) is 0.708. The quantitative estimate of drug-likeness (QED) is 0.697. The van der Waals surface area contributed by atoms with Gasteiger partial charge in [0.1, 0.15) is 5.56 Å². The molecule has 0 saturated heterocycles. The molecule has 0 spiro atoms. The molecule has 1 aliphatic rings. The molecule has 1 aromatic heterocycles. The minimum absolute atomic E-state index is 0.0496. The third kappa shape index (κ3) is 3.15. The van der Waals surface area contributed by atoms with Crippen LogP contribution in [0.1, 0.15) is 29.2 Å². The van der Waals surface area contributed by atoms with E-state index >= 15 is 0 Å². The fraction of sp³-hybridized carbons (Fsp3) is 0.412. The van der Waals surface area contributed by atoms with Crippen LogP contribution in [0.15, 0.2) is 17.1 Å². The van der Waals surface area contributed by atoms with Crippen molar-refractivity contribution in [3.8, 4) is 5.75 Å². The number of nitrogens with zero attached hydrogens (tertiary/aromatic N) is 1. The van der Waals surface area contributed by atoms with E-state index in [1.165, 1.54) is 13.3 Å². The van der Waals surface area contributed by atoms with E-state index in [2.05, 4.69) is 5.32 Å². The van der Waals surface area contributed by atoms with Crippen molar-refractivity contribution in [3.63, 3.8) is 0 Å². The maximum atomic E-state index is 14.1. The Morgan fingerprint density at radius 1 is 1.46 bits per heavy atom. The summed E-state index contributed by atoms with van der Waals surface area (Å²) >= 11 is 0. The second kappa shape index (κ2) is 7.00. The fourth-order valence-corrected chi connectivity index (χ4v) is 2.79. The molecule has 0 aliphatic heterocycles. The van der Waals surface area contributed by atoms with E-state index in [0.717, 1.165) is 18.9 Å². The number of rotatable bonds is 6. The summed E-state index contributed by atoms with van der Waals surface area (Å²) in [5.74, 6) is -3.60. The van der Waals surface area contributed by atoms with Crippen LogP contribution in [-0.2, 0) is 0 Å². The lowest BCUT2D eigenvalue weighted by molar-refractivity contribution is 0.0801. The lowest BCUT2D eigenvalue weighted by atomic mass is 10.1. The van der Waals surface area contributed by atoms with Crippen LogP contribution in [0, 0.1) is 11.6 Å². The zero-order valence-corrected chi connectivity index (χ0v) is 14.0. The Hall–Kier alpha value is -2.52. The smallest absolute Gasteiger partial charge is 0.256 e. The van der Waals surface area contributed by atoms with Gasteiger partial charge in [0.15, 0.2) is 11.6 Å². The number of methoxy groups -OCH3 is 1. The van der Waals surface area contributed by atoms with E-state index in [1.807, 2.05) is 0 Å². The number of fused-ring (bicyclic) bond motifs is 1. The van der Waals surface area contributed by atoms with Crippen molar-refractivity contribution in [2.45, 2.75) is 25.0 Å². The first-order valence-electron chi connectivity index (χ1n) is 8.07. The first-order valence-corrected chi connectivity index (χ1v) is 8.07. The molecule has 3 N–H and O–H groups in total. The number of aliphatic hydroxyl groups is 2. The number of carbonyl (C=O) groups is 1. The molecular weight excluding hydrogens is 350 g/mol. The van der Waals surface area contributed by atoms with Crippen LogP contribution in [0.5, 0.6) is 5.75 Å². The van der Waals surface area contributed by atoms with Gasteiger partial charge < -0.3 is 24.8 Å². The highest BCUT2D eigenvalue weighted by atomic mass is 19.2. The van der Waals surface area contributed by atoms with Crippen molar-refractivity contribution in [1.29, 1.82) is 0 Å². The Morgan fingerprint density at radius 3 is 2.73 bits per heavy atom. The normalized spacial score (nSPS) is 15.1. The molecule has 0 bridgehead atoms. The largest absolute Gasteiger partial charge is 0.491 e. The van der Waals surface area contributed by atoms with Gasteiger partial charge in [-0.15, -0.1) is 0 Å². The van der Waals surface area contributed by atoms with E-state index < -0.39 is 35.7 Å². The summed E-state index contributed by atoms with van der Waals surface area (Å²) in [6.07, 6.45) is 1.66. The monoisotopic (exact) mass is 368 g/mol. The van der Waals surface area contributed by atoms with E-state index in [4.69, 9.17) is 9.84 Å². The summed E-state index contributed by atoms with van der Waals surface area (Å²) in [7, 11) is 1.18. The number of hydrogen-bond acceptors (Lipinski definition) is 5. The third-order valence-electron chi connectivity index (χ3n) is 4.26. The van der Waals surface area contributed by atoms with Crippen LogP contribution >= 0.6 is 0 Å². The summed E-state index contributed by atoms with van der Waals surface area (Å²) in [6.45, 7) is -0.802. The molecule has 1 unspecified atom stereocenters. The van der Waals surface area contributed by atoms with Gasteiger partial charge in [-0.25, -0.2) is 4.39 Å². The average Bonchev–Trinajstić information content (AvgIpc) is 3.46. The van der Waals surface area contributed by atoms with Crippen molar-refractivity contribution in [2.75, 3.05) is 20.3 Å². The Morgan fingerprint density at radius 2 is 2.15 bits per heavy atom. The minimum Gasteiger partial charge on any atom is -0.491 e. The highest BCUT2D eigenvalue weighted by molar-refractivity contribution is 5.98. The molecule has 1 saturated carbocycles. The number of carbonyl (C=O) groups excluding carboxylic acids is 1. The number of hydrogen-bond donors (Lipinski definition) is 3. The van der Waals surface area contributed by atoms with Crippen LogP contribution in [0.2, 0.25) is 0 Å². The van der Waals surface area contributed by atoms with Gasteiger partial charge in [0, 0.05) is 18.8 Å². The fourth-order valence-electron chi connectivity index (χ4n) is 2.79. The molecule has 2 aromatic rings. The first kappa shape index (κ1) is 18.3. The number of pyridine rings is 1. The van der Waals surface area contributed by atoms with Crippen LogP contribution in [0.4, 0.5) is 8.78 Å². The summed E-state index contributed by atoms with van der Waals surface area (Å²) < 4.78 is 34.5. The number of benzene rings is 1. The Kier molecular flexibility index (Phi) is 4.92. The van der Waals surface area contributed by atoms with Gasteiger partial charge in [0.25, 0.3) is 5.91 Å². The molecule has 1 heterocycles. The standard InChI is InChI=1S/C17H18F2N2O5/c1-26-16-13(19)12(18)4-10-14(16)21(8-2-3-8)6-11(15(10)24)17(25)20-5-9(23)7-22/h4,6,8-9,22-23H,2-3,5,7H2,1H3,(H,20,25). The lowest BCUT2D eigenvalue weighted by Crippen LogP contribution is -2.36. The van der Waals surface area contributed by atoms with Crippen LogP contribution in [-0.4, -0.2) is 47.1 Å². The molecule has 1 fully saturated rings. The van der Waals surface area contributed by atoms with Crippen LogP contribution in [0.25, 0.3) is 10.9 Å². The number of amides is 1. The van der Waals surface area contributed by atoms with Crippen LogP contribution < -0.4 is 15.5 Å². The van der Waals surface area contributed by atoms with Crippen molar-refractivity contribution in [2.24, 2.45) is 0 Å². The van der Waals surface area contributed by atoms with Gasteiger partial charge in [-0.3, -0.25) is 9.59 Å². The summed E-state index contributed by atoms with van der Waals surface area (Å²) in [4.78, 5) is 25.0. The summed E-state index contributed by atoms with van der Waals surface area (Å²) in [5, 5.41) is 20.3. The Labute approximate surface area is 146 Å². The van der Waals surface area contributed by atoms with E-state index in [1.54, 1.807) is 4.57 Å². The van der Waals surface area contributed by atoms with Crippen molar-refractivity contribution in [3.05, 3.63) is 39.7 Å². The SMILES string of the molecule is COc1c(F)c(F)cc2c(=O)c(C(=O)NCC(O)CO)cn(C3CC3)c12. The molecule has 1 atom stereocenters. The molecule has 140 valence electrons. The minimum atomic E-state index is -1.25. The second-order valence-corrected chi connectivity index (χ2v) is 6.16. The first-order chi connectivity index (χ1) is 12.4. The van der Waals surface area contributed by atoms with Crippen molar-refractivity contribution >= 4 is 16.8 Å². The Bertz CT molecular complexity index is 924. The van der Waals surface area contributed by atoms with Gasteiger partial charge in [0.2, 0.25) is 11.2 Å². The maximum absolute atomic E-state index is 14.1. The molecule has 7 nitrogen and oxygen atoms in total. The van der Waals surface area contributed by atoms with Gasteiger partial charge in [-0.2, -0.15) is 4.39 Å². The number of aliphatic hydroxyl groups excluding tert-OH is 2. The Balaban J connectivity index is 2.18. The molecule has 1 amide bonds. The molecule has 1 aromatic carbocycles. The molecule has 3 rings (SSSR count). The van der Waals surface area contributed by atoms with Gasteiger partial charge in [-0.05, 0) is 18.9 Å². The molecule has 0 radical (unpaired) electrons. The summed E-state index contributed by atoms with van der Waals surface area (Å²) in [5.41, 5.74) is -0.932. The zero-order valence-electron chi connectivity index (χ0n) is 14.0. The van der Waals surface area contributed by atoms with E-state index in [0.29, 0.717) is 0 Å². The molecule has 26 heavy (non-hydrogen) atoms. The van der Waals surface area contributed by atoms with E-state index in [9.17, 15) is 23.5 Å². The highest BCUT2D eigenvalue weighted by Gasteiger charge is 2.30. The number of halogens is 2. The number of nitrogens with one attached hydrogen (secondary N) is 1. The lowest BCUT2D eigenvalue weighted by Gasteiger charge is -2.16. The second-order valence-electron chi connectivity index (χ2n) is 6.16.